The summed E-state index contributed by atoms with van der Waals surface area (Å²) in [6.45, 7) is 4.40. The molecule has 0 atom stereocenters. The van der Waals surface area contributed by atoms with Crippen LogP contribution in [-0.2, 0) is 6.54 Å². The van der Waals surface area contributed by atoms with Crippen LogP contribution in [0.25, 0.3) is 11.0 Å². The van der Waals surface area contributed by atoms with Gasteiger partial charge in [0.15, 0.2) is 0 Å². The fourth-order valence-electron chi connectivity index (χ4n) is 2.79. The number of nitrogens with one attached hydrogen (secondary N) is 1. The molecule has 1 N–H and O–H groups in total. The Kier molecular flexibility index (Phi) is 3.85. The first-order valence-corrected chi connectivity index (χ1v) is 7.18. The lowest BCUT2D eigenvalue weighted by Crippen LogP contribution is -2.34. The topological polar surface area (TPSA) is 28.4 Å². The second-order valence-electron chi connectivity index (χ2n) is 5.63. The number of hydrogen-bond donors (Lipinski definition) is 1. The Balaban J connectivity index is 1.49. The number of hydrogen-bond acceptors (Lipinski definition) is 3. The first kappa shape index (κ1) is 12.7. The molecule has 1 aliphatic rings. The molecule has 1 aromatic heterocycles. The summed E-state index contributed by atoms with van der Waals surface area (Å²) in [4.78, 5) is 2.41. The molecular weight excluding hydrogens is 236 g/mol. The normalized spacial score (nSPS) is 18.2. The zero-order valence-electron chi connectivity index (χ0n) is 11.6. The third kappa shape index (κ3) is 3.17. The smallest absolute Gasteiger partial charge is 0.134 e. The molecule has 19 heavy (non-hydrogen) atoms. The molecule has 0 unspecified atom stereocenters. The van der Waals surface area contributed by atoms with Crippen LogP contribution in [0.2, 0.25) is 0 Å². The van der Waals surface area contributed by atoms with Crippen LogP contribution in [-0.4, -0.2) is 31.6 Å². The van der Waals surface area contributed by atoms with Gasteiger partial charge in [0, 0.05) is 5.39 Å². The number of rotatable bonds is 4. The maximum Gasteiger partial charge on any atom is 0.134 e. The largest absolute Gasteiger partial charge is 0.460 e. The second-order valence-corrected chi connectivity index (χ2v) is 5.63. The van der Waals surface area contributed by atoms with Crippen LogP contribution in [0.15, 0.2) is 34.7 Å². The minimum atomic E-state index is 0.820. The van der Waals surface area contributed by atoms with E-state index in [0.29, 0.717) is 0 Å². The molecule has 1 saturated heterocycles. The van der Waals surface area contributed by atoms with Gasteiger partial charge in [0.1, 0.15) is 11.3 Å². The van der Waals surface area contributed by atoms with E-state index in [0.717, 1.165) is 30.4 Å². The van der Waals surface area contributed by atoms with Crippen molar-refractivity contribution >= 4 is 11.0 Å². The van der Waals surface area contributed by atoms with Gasteiger partial charge in [-0.05, 0) is 57.6 Å². The highest BCUT2D eigenvalue weighted by molar-refractivity contribution is 5.77. The van der Waals surface area contributed by atoms with Gasteiger partial charge in [0.05, 0.1) is 6.54 Å². The Hall–Kier alpha value is -1.32. The van der Waals surface area contributed by atoms with E-state index in [1.54, 1.807) is 0 Å². The molecule has 3 nitrogen and oxygen atoms in total. The summed E-state index contributed by atoms with van der Waals surface area (Å²) < 4.78 is 5.80. The van der Waals surface area contributed by atoms with Gasteiger partial charge in [-0.3, -0.25) is 0 Å². The highest BCUT2D eigenvalue weighted by Gasteiger charge is 2.16. The van der Waals surface area contributed by atoms with Gasteiger partial charge in [-0.2, -0.15) is 0 Å². The summed E-state index contributed by atoms with van der Waals surface area (Å²) in [6, 6.07) is 10.3. The zero-order valence-corrected chi connectivity index (χ0v) is 11.6. The number of likely N-dealkylation sites (tertiary alicyclic amines) is 1. The van der Waals surface area contributed by atoms with Gasteiger partial charge >= 0.3 is 0 Å². The van der Waals surface area contributed by atoms with Crippen molar-refractivity contribution < 1.29 is 4.42 Å². The van der Waals surface area contributed by atoms with Gasteiger partial charge < -0.3 is 14.6 Å². The summed E-state index contributed by atoms with van der Waals surface area (Å²) >= 11 is 0. The predicted molar refractivity (Wildman–Crippen MR) is 78.1 cm³/mol. The molecule has 1 fully saturated rings. The maximum atomic E-state index is 5.80. The van der Waals surface area contributed by atoms with Gasteiger partial charge in [-0.15, -0.1) is 0 Å². The molecule has 2 aromatic rings. The molecule has 1 aliphatic heterocycles. The number of furan rings is 1. The van der Waals surface area contributed by atoms with Crippen LogP contribution in [0.4, 0.5) is 0 Å². The minimum absolute atomic E-state index is 0.820. The van der Waals surface area contributed by atoms with E-state index in [4.69, 9.17) is 4.42 Å². The van der Waals surface area contributed by atoms with Crippen molar-refractivity contribution in [2.75, 3.05) is 26.7 Å². The van der Waals surface area contributed by atoms with E-state index in [1.807, 2.05) is 18.2 Å². The molecule has 3 rings (SSSR count). The number of nitrogens with zero attached hydrogens (tertiary/aromatic N) is 1. The maximum absolute atomic E-state index is 5.80. The van der Waals surface area contributed by atoms with Gasteiger partial charge in [0.2, 0.25) is 0 Å². The van der Waals surface area contributed by atoms with Crippen molar-refractivity contribution in [2.45, 2.75) is 19.4 Å². The number of fused-ring (bicyclic) bond motifs is 1. The fourth-order valence-corrected chi connectivity index (χ4v) is 2.79. The lowest BCUT2D eigenvalue weighted by atomic mass is 9.97. The standard InChI is InChI=1S/C16H22N2O/c1-18-8-6-13(7-9-18)11-17-12-15-10-14-4-2-3-5-16(14)19-15/h2-5,10,13,17H,6-9,11-12H2,1H3. The number of para-hydroxylation sites is 1. The first-order valence-electron chi connectivity index (χ1n) is 7.18. The fraction of sp³-hybridized carbons (Fsp3) is 0.500. The first-order chi connectivity index (χ1) is 9.31. The van der Waals surface area contributed by atoms with Crippen LogP contribution >= 0.6 is 0 Å². The Morgan fingerprint density at radius 3 is 2.84 bits per heavy atom. The van der Waals surface area contributed by atoms with Crippen LogP contribution < -0.4 is 5.32 Å². The van der Waals surface area contributed by atoms with Crippen molar-refractivity contribution in [3.05, 3.63) is 36.1 Å². The van der Waals surface area contributed by atoms with E-state index in [1.165, 1.54) is 31.3 Å². The highest BCUT2D eigenvalue weighted by atomic mass is 16.3. The Labute approximate surface area is 114 Å². The molecule has 1 aromatic carbocycles. The number of piperidine rings is 1. The summed E-state index contributed by atoms with van der Waals surface area (Å²) in [5, 5.41) is 4.73. The van der Waals surface area contributed by atoms with Crippen molar-refractivity contribution in [3.8, 4) is 0 Å². The summed E-state index contributed by atoms with van der Waals surface area (Å²) in [7, 11) is 2.21. The quantitative estimate of drug-likeness (QED) is 0.914. The molecule has 0 amide bonds. The van der Waals surface area contributed by atoms with E-state index in [-0.39, 0.29) is 0 Å². The number of benzene rings is 1. The third-order valence-corrected chi connectivity index (χ3v) is 4.05. The van der Waals surface area contributed by atoms with E-state index < -0.39 is 0 Å². The molecule has 0 radical (unpaired) electrons. The molecule has 0 bridgehead atoms. The zero-order chi connectivity index (χ0) is 13.1. The molecule has 0 saturated carbocycles. The van der Waals surface area contributed by atoms with Crippen molar-refractivity contribution in [1.82, 2.24) is 10.2 Å². The molecule has 2 heterocycles. The average molecular weight is 258 g/mol. The lowest BCUT2D eigenvalue weighted by molar-refractivity contribution is 0.215. The predicted octanol–water partition coefficient (Wildman–Crippen LogP) is 2.86. The molecule has 0 aliphatic carbocycles. The van der Waals surface area contributed by atoms with E-state index >= 15 is 0 Å². The van der Waals surface area contributed by atoms with Crippen LogP contribution in [0, 0.1) is 5.92 Å². The van der Waals surface area contributed by atoms with E-state index in [9.17, 15) is 0 Å². The van der Waals surface area contributed by atoms with Gasteiger partial charge in [0.25, 0.3) is 0 Å². The minimum Gasteiger partial charge on any atom is -0.460 e. The van der Waals surface area contributed by atoms with Crippen LogP contribution in [0.5, 0.6) is 0 Å². The Morgan fingerprint density at radius 1 is 1.26 bits per heavy atom. The van der Waals surface area contributed by atoms with Gasteiger partial charge in [-0.25, -0.2) is 0 Å². The van der Waals surface area contributed by atoms with Crippen molar-refractivity contribution in [2.24, 2.45) is 5.92 Å². The molecular formula is C16H22N2O. The van der Waals surface area contributed by atoms with Crippen molar-refractivity contribution in [1.29, 1.82) is 0 Å². The Bertz CT molecular complexity index is 493. The molecule has 102 valence electrons. The van der Waals surface area contributed by atoms with Gasteiger partial charge in [-0.1, -0.05) is 18.2 Å². The summed E-state index contributed by atoms with van der Waals surface area (Å²) in [6.07, 6.45) is 2.62. The highest BCUT2D eigenvalue weighted by Crippen LogP contribution is 2.19. The Morgan fingerprint density at radius 2 is 2.05 bits per heavy atom. The summed E-state index contributed by atoms with van der Waals surface area (Å²) in [5.41, 5.74) is 0.985. The van der Waals surface area contributed by atoms with Crippen molar-refractivity contribution in [3.63, 3.8) is 0 Å². The van der Waals surface area contributed by atoms with Crippen LogP contribution in [0.3, 0.4) is 0 Å². The second kappa shape index (κ2) is 5.76. The lowest BCUT2D eigenvalue weighted by Gasteiger charge is -2.28. The third-order valence-electron chi connectivity index (χ3n) is 4.05. The monoisotopic (exact) mass is 258 g/mol. The SMILES string of the molecule is CN1CCC(CNCc2cc3ccccc3o2)CC1. The summed E-state index contributed by atoms with van der Waals surface area (Å²) in [5.74, 6) is 1.86. The van der Waals surface area contributed by atoms with Crippen LogP contribution in [0.1, 0.15) is 18.6 Å². The molecule has 3 heteroatoms. The van der Waals surface area contributed by atoms with E-state index in [2.05, 4.69) is 29.4 Å². The molecule has 0 spiro atoms. The average Bonchev–Trinajstić information content (AvgIpc) is 2.83.